The van der Waals surface area contributed by atoms with Crippen LogP contribution in [0.5, 0.6) is 0 Å². The normalized spacial score (nSPS) is 22.8. The van der Waals surface area contributed by atoms with Gasteiger partial charge in [0.05, 0.1) is 12.2 Å². The first-order chi connectivity index (χ1) is 12.6. The Kier molecular flexibility index (Phi) is 4.70. The van der Waals surface area contributed by atoms with E-state index in [1.165, 1.54) is 43.4 Å². The van der Waals surface area contributed by atoms with Gasteiger partial charge in [-0.1, -0.05) is 25.8 Å². The maximum atomic E-state index is 14.4. The zero-order valence-electron chi connectivity index (χ0n) is 14.8. The fourth-order valence-electron chi connectivity index (χ4n) is 3.82. The molecule has 2 aliphatic rings. The van der Waals surface area contributed by atoms with Crippen LogP contribution in [0.2, 0.25) is 0 Å². The van der Waals surface area contributed by atoms with Crippen molar-refractivity contribution in [3.63, 3.8) is 0 Å². The van der Waals surface area contributed by atoms with Crippen molar-refractivity contribution in [3.05, 3.63) is 53.2 Å². The number of rotatable bonds is 3. The Labute approximate surface area is 152 Å². The maximum Gasteiger partial charge on any atom is 0.222 e. The van der Waals surface area contributed by atoms with Crippen molar-refractivity contribution in [1.82, 2.24) is 4.98 Å². The van der Waals surface area contributed by atoms with Crippen LogP contribution in [0, 0.1) is 17.6 Å². The molecule has 4 rings (SSSR count). The lowest BCUT2D eigenvalue weighted by molar-refractivity contribution is 0.345. The Morgan fingerprint density at radius 3 is 2.35 bits per heavy atom. The summed E-state index contributed by atoms with van der Waals surface area (Å²) in [5.74, 6) is 0.0412. The van der Waals surface area contributed by atoms with Gasteiger partial charge in [-0.2, -0.15) is 0 Å². The highest BCUT2D eigenvalue weighted by atomic mass is 19.1. The van der Waals surface area contributed by atoms with E-state index in [2.05, 4.69) is 16.9 Å². The van der Waals surface area contributed by atoms with Crippen molar-refractivity contribution in [2.75, 3.05) is 13.2 Å². The third kappa shape index (κ3) is 3.35. The van der Waals surface area contributed by atoms with Crippen molar-refractivity contribution in [2.45, 2.75) is 38.5 Å². The van der Waals surface area contributed by atoms with E-state index < -0.39 is 11.6 Å². The fraction of sp³-hybridized carbons (Fsp3) is 0.429. The van der Waals surface area contributed by atoms with Crippen LogP contribution < -0.4 is 0 Å². The van der Waals surface area contributed by atoms with Crippen LogP contribution in [-0.4, -0.2) is 24.0 Å². The average Bonchev–Trinajstić information content (AvgIpc) is 3.16. The maximum absolute atomic E-state index is 14.4. The van der Waals surface area contributed by atoms with Gasteiger partial charge >= 0.3 is 0 Å². The van der Waals surface area contributed by atoms with Crippen LogP contribution in [0.15, 0.2) is 35.5 Å². The lowest BCUT2D eigenvalue weighted by Gasteiger charge is -2.26. The standard InChI is InChI=1S/C21H22F2N2O/c1-13-2-4-14(5-3-13)15-6-7-19(25-12-15)16-10-17(22)20(18(23)11-16)21-24-8-9-26-21/h6-7,10-14H,2-5,8-9H2,1H3. The second-order valence-electron chi connectivity index (χ2n) is 7.28. The van der Waals surface area contributed by atoms with E-state index in [1.54, 1.807) is 0 Å². The largest absolute Gasteiger partial charge is 0.475 e. The van der Waals surface area contributed by atoms with Crippen LogP contribution in [0.3, 0.4) is 0 Å². The van der Waals surface area contributed by atoms with Crippen LogP contribution in [0.25, 0.3) is 11.3 Å². The highest BCUT2D eigenvalue weighted by Gasteiger charge is 2.22. The third-order valence-electron chi connectivity index (χ3n) is 5.41. The summed E-state index contributed by atoms with van der Waals surface area (Å²) in [4.78, 5) is 8.46. The predicted molar refractivity (Wildman–Crippen MR) is 97.3 cm³/mol. The summed E-state index contributed by atoms with van der Waals surface area (Å²) in [6, 6.07) is 6.49. The summed E-state index contributed by atoms with van der Waals surface area (Å²) in [7, 11) is 0. The Bertz CT molecular complexity index is 801. The minimum atomic E-state index is -0.673. The molecule has 0 spiro atoms. The summed E-state index contributed by atoms with van der Waals surface area (Å²) in [6.07, 6.45) is 6.71. The minimum absolute atomic E-state index is 0.0429. The van der Waals surface area contributed by atoms with Crippen molar-refractivity contribution < 1.29 is 13.5 Å². The molecule has 1 aliphatic carbocycles. The summed E-state index contributed by atoms with van der Waals surface area (Å²) >= 11 is 0. The zero-order chi connectivity index (χ0) is 18.1. The van der Waals surface area contributed by atoms with Gasteiger partial charge in [-0.05, 0) is 48.4 Å². The quantitative estimate of drug-likeness (QED) is 0.767. The van der Waals surface area contributed by atoms with Crippen molar-refractivity contribution in [1.29, 1.82) is 0 Å². The average molecular weight is 356 g/mol. The molecule has 26 heavy (non-hydrogen) atoms. The number of benzene rings is 1. The van der Waals surface area contributed by atoms with Crippen LogP contribution in [0.1, 0.15) is 49.7 Å². The van der Waals surface area contributed by atoms with E-state index >= 15 is 0 Å². The Balaban J connectivity index is 1.58. The molecule has 3 nitrogen and oxygen atoms in total. The highest BCUT2D eigenvalue weighted by Crippen LogP contribution is 2.35. The van der Waals surface area contributed by atoms with Crippen LogP contribution in [0.4, 0.5) is 8.78 Å². The van der Waals surface area contributed by atoms with Gasteiger partial charge in [0.1, 0.15) is 23.8 Å². The second-order valence-corrected chi connectivity index (χ2v) is 7.28. The van der Waals surface area contributed by atoms with E-state index in [1.807, 2.05) is 18.3 Å². The fourth-order valence-corrected chi connectivity index (χ4v) is 3.82. The van der Waals surface area contributed by atoms with Gasteiger partial charge in [0, 0.05) is 11.8 Å². The molecular weight excluding hydrogens is 334 g/mol. The number of hydrogen-bond donors (Lipinski definition) is 0. The van der Waals surface area contributed by atoms with Gasteiger partial charge in [0.2, 0.25) is 5.90 Å². The number of nitrogens with zero attached hydrogens (tertiary/aromatic N) is 2. The number of pyridine rings is 1. The first-order valence-corrected chi connectivity index (χ1v) is 9.25. The van der Waals surface area contributed by atoms with Gasteiger partial charge in [-0.25, -0.2) is 13.8 Å². The molecule has 0 amide bonds. The van der Waals surface area contributed by atoms with E-state index in [4.69, 9.17) is 4.74 Å². The molecule has 0 atom stereocenters. The van der Waals surface area contributed by atoms with Gasteiger partial charge in [0.25, 0.3) is 0 Å². The lowest BCUT2D eigenvalue weighted by atomic mass is 9.80. The lowest BCUT2D eigenvalue weighted by Crippen LogP contribution is -2.11. The van der Waals surface area contributed by atoms with Crippen molar-refractivity contribution in [3.8, 4) is 11.3 Å². The number of hydrogen-bond acceptors (Lipinski definition) is 3. The number of halogens is 2. The van der Waals surface area contributed by atoms with Crippen LogP contribution >= 0.6 is 0 Å². The van der Waals surface area contributed by atoms with Gasteiger partial charge in [-0.15, -0.1) is 0 Å². The molecule has 0 saturated heterocycles. The molecule has 0 unspecified atom stereocenters. The smallest absolute Gasteiger partial charge is 0.222 e. The summed E-state index contributed by atoms with van der Waals surface area (Å²) in [5, 5.41) is 0. The van der Waals surface area contributed by atoms with E-state index in [-0.39, 0.29) is 11.5 Å². The number of aromatic nitrogens is 1. The van der Waals surface area contributed by atoms with Gasteiger partial charge in [-0.3, -0.25) is 4.98 Å². The van der Waals surface area contributed by atoms with E-state index in [0.717, 1.165) is 5.92 Å². The summed E-state index contributed by atoms with van der Waals surface area (Å²) in [5.41, 5.74) is 2.01. The van der Waals surface area contributed by atoms with E-state index in [0.29, 0.717) is 30.3 Å². The molecule has 0 N–H and O–H groups in total. The van der Waals surface area contributed by atoms with Gasteiger partial charge in [0.15, 0.2) is 0 Å². The highest BCUT2D eigenvalue weighted by molar-refractivity contribution is 5.96. The van der Waals surface area contributed by atoms with E-state index in [9.17, 15) is 8.78 Å². The molecule has 0 bridgehead atoms. The molecule has 0 radical (unpaired) electrons. The summed E-state index contributed by atoms with van der Waals surface area (Å²) in [6.45, 7) is 3.09. The van der Waals surface area contributed by atoms with Crippen molar-refractivity contribution >= 4 is 5.90 Å². The third-order valence-corrected chi connectivity index (χ3v) is 5.41. The van der Waals surface area contributed by atoms with Crippen LogP contribution in [-0.2, 0) is 4.74 Å². The Morgan fingerprint density at radius 1 is 1.04 bits per heavy atom. The zero-order valence-corrected chi connectivity index (χ0v) is 14.8. The molecule has 1 aromatic carbocycles. The number of aliphatic imine (C=N–C) groups is 1. The molecular formula is C21H22F2N2O. The second kappa shape index (κ2) is 7.14. The molecule has 2 heterocycles. The predicted octanol–water partition coefficient (Wildman–Crippen LogP) is 5.10. The Morgan fingerprint density at radius 2 is 1.77 bits per heavy atom. The number of ether oxygens (including phenoxy) is 1. The molecule has 1 fully saturated rings. The van der Waals surface area contributed by atoms with Crippen molar-refractivity contribution in [2.24, 2.45) is 10.9 Å². The molecule has 1 aliphatic heterocycles. The first-order valence-electron chi connectivity index (χ1n) is 9.25. The summed E-state index contributed by atoms with van der Waals surface area (Å²) < 4.78 is 34.0. The molecule has 136 valence electrons. The first kappa shape index (κ1) is 17.1. The molecule has 1 aromatic heterocycles. The minimum Gasteiger partial charge on any atom is -0.475 e. The molecule has 1 saturated carbocycles. The molecule has 5 heteroatoms. The topological polar surface area (TPSA) is 34.5 Å². The monoisotopic (exact) mass is 356 g/mol. The Hall–Kier alpha value is -2.30. The van der Waals surface area contributed by atoms with Gasteiger partial charge < -0.3 is 4.74 Å². The molecule has 2 aromatic rings. The SMILES string of the molecule is CC1CCC(c2ccc(-c3cc(F)c(C4=NCCO4)c(F)c3)nc2)CC1.